The first kappa shape index (κ1) is 11.8. The molecule has 1 aliphatic rings. The minimum atomic E-state index is -0.979. The molecule has 1 saturated carbocycles. The van der Waals surface area contributed by atoms with Crippen molar-refractivity contribution in [1.29, 1.82) is 0 Å². The molecule has 0 spiro atoms. The smallest absolute Gasteiger partial charge is 0.317 e. The molecule has 1 N–H and O–H groups in total. The Morgan fingerprint density at radius 3 is 2.71 bits per heavy atom. The molecule has 5 nitrogen and oxygen atoms in total. The van der Waals surface area contributed by atoms with E-state index in [1.54, 1.807) is 12.4 Å². The zero-order valence-corrected chi connectivity index (χ0v) is 9.85. The number of carbonyl (C=O) groups is 2. The van der Waals surface area contributed by atoms with Gasteiger partial charge >= 0.3 is 5.97 Å². The average molecular weight is 236 g/mol. The van der Waals surface area contributed by atoms with E-state index in [4.69, 9.17) is 0 Å². The SMILES string of the molecule is CCn1ccnc1C1(C(=O)O)CCC(=O)CC1. The minimum Gasteiger partial charge on any atom is -0.480 e. The maximum Gasteiger partial charge on any atom is 0.317 e. The number of imidazole rings is 1. The molecule has 5 heteroatoms. The number of aliphatic carboxylic acids is 1. The molecule has 1 heterocycles. The Morgan fingerprint density at radius 2 is 2.18 bits per heavy atom. The van der Waals surface area contributed by atoms with Crippen LogP contribution < -0.4 is 0 Å². The van der Waals surface area contributed by atoms with Crippen molar-refractivity contribution in [2.75, 3.05) is 0 Å². The van der Waals surface area contributed by atoms with E-state index < -0.39 is 11.4 Å². The topological polar surface area (TPSA) is 72.2 Å². The quantitative estimate of drug-likeness (QED) is 0.860. The van der Waals surface area contributed by atoms with Gasteiger partial charge in [-0.1, -0.05) is 0 Å². The van der Waals surface area contributed by atoms with Crippen LogP contribution >= 0.6 is 0 Å². The van der Waals surface area contributed by atoms with Crippen LogP contribution in [-0.4, -0.2) is 26.4 Å². The number of aryl methyl sites for hydroxylation is 1. The Kier molecular flexibility index (Phi) is 3.00. The van der Waals surface area contributed by atoms with E-state index in [1.807, 2.05) is 11.5 Å². The average Bonchev–Trinajstić information content (AvgIpc) is 2.78. The maximum atomic E-state index is 11.6. The van der Waals surface area contributed by atoms with E-state index in [9.17, 15) is 14.7 Å². The van der Waals surface area contributed by atoms with Gasteiger partial charge in [-0.05, 0) is 19.8 Å². The monoisotopic (exact) mass is 236 g/mol. The van der Waals surface area contributed by atoms with E-state index in [2.05, 4.69) is 4.98 Å². The van der Waals surface area contributed by atoms with Gasteiger partial charge in [-0.2, -0.15) is 0 Å². The lowest BCUT2D eigenvalue weighted by Gasteiger charge is -2.32. The zero-order valence-electron chi connectivity index (χ0n) is 9.85. The molecule has 1 aromatic rings. The highest BCUT2D eigenvalue weighted by atomic mass is 16.4. The normalized spacial score (nSPS) is 19.2. The van der Waals surface area contributed by atoms with Crippen LogP contribution in [0.5, 0.6) is 0 Å². The summed E-state index contributed by atoms with van der Waals surface area (Å²) in [6, 6.07) is 0. The lowest BCUT2D eigenvalue weighted by Crippen LogP contribution is -2.42. The summed E-state index contributed by atoms with van der Waals surface area (Å²) in [4.78, 5) is 27.1. The molecule has 0 aromatic carbocycles. The lowest BCUT2D eigenvalue weighted by molar-refractivity contribution is -0.146. The lowest BCUT2D eigenvalue weighted by atomic mass is 9.73. The number of nitrogens with zero attached hydrogens (tertiary/aromatic N) is 2. The van der Waals surface area contributed by atoms with Crippen molar-refractivity contribution < 1.29 is 14.7 Å². The summed E-state index contributed by atoms with van der Waals surface area (Å²) >= 11 is 0. The molecular formula is C12H16N2O3. The van der Waals surface area contributed by atoms with E-state index >= 15 is 0 Å². The van der Waals surface area contributed by atoms with Crippen LogP contribution in [0.2, 0.25) is 0 Å². The molecule has 1 aliphatic carbocycles. The van der Waals surface area contributed by atoms with Crippen LogP contribution in [0.1, 0.15) is 38.4 Å². The molecule has 0 aliphatic heterocycles. The van der Waals surface area contributed by atoms with Gasteiger partial charge in [0.05, 0.1) is 0 Å². The van der Waals surface area contributed by atoms with Crippen molar-refractivity contribution in [2.45, 2.75) is 44.6 Å². The largest absolute Gasteiger partial charge is 0.480 e. The number of carboxylic acid groups (broad SMARTS) is 1. The summed E-state index contributed by atoms with van der Waals surface area (Å²) in [7, 11) is 0. The van der Waals surface area contributed by atoms with Crippen LogP contribution in [0, 0.1) is 0 Å². The summed E-state index contributed by atoms with van der Waals surface area (Å²) < 4.78 is 1.85. The Hall–Kier alpha value is -1.65. The third-order valence-electron chi connectivity index (χ3n) is 3.55. The molecule has 1 fully saturated rings. The highest BCUT2D eigenvalue weighted by molar-refractivity contribution is 5.86. The van der Waals surface area contributed by atoms with Crippen LogP contribution in [0.3, 0.4) is 0 Å². The second kappa shape index (κ2) is 4.31. The third-order valence-corrected chi connectivity index (χ3v) is 3.55. The Morgan fingerprint density at radius 1 is 1.53 bits per heavy atom. The standard InChI is InChI=1S/C12H16N2O3/c1-2-14-8-7-13-10(14)12(11(16)17)5-3-9(15)4-6-12/h7-8H,2-6H2,1H3,(H,16,17). The minimum absolute atomic E-state index is 0.150. The van der Waals surface area contributed by atoms with Gasteiger partial charge < -0.3 is 9.67 Å². The second-order valence-electron chi connectivity index (χ2n) is 4.46. The van der Waals surface area contributed by atoms with Crippen molar-refractivity contribution in [3.05, 3.63) is 18.2 Å². The molecule has 17 heavy (non-hydrogen) atoms. The maximum absolute atomic E-state index is 11.6. The molecular weight excluding hydrogens is 220 g/mol. The Bertz CT molecular complexity index is 440. The van der Waals surface area contributed by atoms with Crippen LogP contribution in [0.25, 0.3) is 0 Å². The van der Waals surface area contributed by atoms with E-state index in [0.29, 0.717) is 38.1 Å². The molecule has 0 atom stereocenters. The molecule has 0 unspecified atom stereocenters. The summed E-state index contributed by atoms with van der Waals surface area (Å²) in [5.41, 5.74) is -0.979. The summed E-state index contributed by atoms with van der Waals surface area (Å²) in [5, 5.41) is 9.50. The number of Topliss-reactive ketones (excluding diaryl/α,β-unsaturated/α-hetero) is 1. The van der Waals surface area contributed by atoms with Gasteiger partial charge in [0.2, 0.25) is 0 Å². The highest BCUT2D eigenvalue weighted by Gasteiger charge is 2.46. The van der Waals surface area contributed by atoms with Crippen molar-refractivity contribution in [3.63, 3.8) is 0 Å². The highest BCUT2D eigenvalue weighted by Crippen LogP contribution is 2.37. The number of aromatic nitrogens is 2. The van der Waals surface area contributed by atoms with Gasteiger partial charge in [-0.3, -0.25) is 9.59 Å². The number of ketones is 1. The van der Waals surface area contributed by atoms with Crippen LogP contribution in [-0.2, 0) is 21.5 Å². The molecule has 2 rings (SSSR count). The number of carbonyl (C=O) groups excluding carboxylic acids is 1. The van der Waals surface area contributed by atoms with Gasteiger partial charge in [0.25, 0.3) is 0 Å². The fourth-order valence-corrected chi connectivity index (χ4v) is 2.47. The van der Waals surface area contributed by atoms with E-state index in [0.717, 1.165) is 0 Å². The molecule has 0 radical (unpaired) electrons. The fraction of sp³-hybridized carbons (Fsp3) is 0.583. The predicted octanol–water partition coefficient (Wildman–Crippen LogP) is 1.37. The number of hydrogen-bond donors (Lipinski definition) is 1. The Balaban J connectivity index is 2.42. The van der Waals surface area contributed by atoms with Gasteiger partial charge in [-0.25, -0.2) is 4.98 Å². The van der Waals surface area contributed by atoms with E-state index in [1.165, 1.54) is 0 Å². The number of rotatable bonds is 3. The summed E-state index contributed by atoms with van der Waals surface area (Å²) in [5.74, 6) is -0.137. The van der Waals surface area contributed by atoms with Crippen molar-refractivity contribution >= 4 is 11.8 Å². The first-order chi connectivity index (χ1) is 8.10. The van der Waals surface area contributed by atoms with Gasteiger partial charge in [0, 0.05) is 31.8 Å². The van der Waals surface area contributed by atoms with Crippen molar-refractivity contribution in [2.24, 2.45) is 0 Å². The number of carboxylic acids is 1. The van der Waals surface area contributed by atoms with Crippen LogP contribution in [0.4, 0.5) is 0 Å². The summed E-state index contributed by atoms with van der Waals surface area (Å²) in [6.07, 6.45) is 4.80. The Labute approximate surface area is 99.5 Å². The molecule has 1 aromatic heterocycles. The predicted molar refractivity (Wildman–Crippen MR) is 60.7 cm³/mol. The molecule has 0 bridgehead atoms. The zero-order chi connectivity index (χ0) is 12.5. The second-order valence-corrected chi connectivity index (χ2v) is 4.46. The fourth-order valence-electron chi connectivity index (χ4n) is 2.47. The van der Waals surface area contributed by atoms with Gasteiger partial charge in [0.1, 0.15) is 17.0 Å². The first-order valence-electron chi connectivity index (χ1n) is 5.87. The third kappa shape index (κ3) is 1.85. The molecule has 0 saturated heterocycles. The number of hydrogen-bond acceptors (Lipinski definition) is 3. The van der Waals surface area contributed by atoms with Gasteiger partial charge in [0.15, 0.2) is 0 Å². The summed E-state index contributed by atoms with van der Waals surface area (Å²) in [6.45, 7) is 2.65. The van der Waals surface area contributed by atoms with Gasteiger partial charge in [-0.15, -0.1) is 0 Å². The van der Waals surface area contributed by atoms with E-state index in [-0.39, 0.29) is 5.78 Å². The van der Waals surface area contributed by atoms with Crippen molar-refractivity contribution in [3.8, 4) is 0 Å². The first-order valence-corrected chi connectivity index (χ1v) is 5.87. The van der Waals surface area contributed by atoms with Crippen LogP contribution in [0.15, 0.2) is 12.4 Å². The molecule has 0 amide bonds. The molecule has 92 valence electrons. The van der Waals surface area contributed by atoms with Crippen molar-refractivity contribution in [1.82, 2.24) is 9.55 Å².